The van der Waals surface area contributed by atoms with Gasteiger partial charge in [0.1, 0.15) is 11.9 Å². The minimum Gasteiger partial charge on any atom is -0.488 e. The van der Waals surface area contributed by atoms with Gasteiger partial charge in [-0.05, 0) is 49.9 Å². The Labute approximate surface area is 141 Å². The lowest BCUT2D eigenvalue weighted by molar-refractivity contribution is -0.131. The largest absolute Gasteiger partial charge is 0.488 e. The standard InChI is InChI=1S/C18H24N2O4/c21-15-4-1-2-5-16(15)24-14-9-7-13(8-10-14)19-17(22)12-20-11-3-6-18(20)23/h7-10,15-16,21H,1-6,11-12H2,(H,19,22)/t15-,16-/m1/s1. The molecule has 130 valence electrons. The van der Waals surface area contributed by atoms with E-state index in [9.17, 15) is 14.7 Å². The lowest BCUT2D eigenvalue weighted by atomic mass is 9.95. The van der Waals surface area contributed by atoms with Gasteiger partial charge in [0.2, 0.25) is 11.8 Å². The molecule has 6 heteroatoms. The fourth-order valence-corrected chi connectivity index (χ4v) is 3.25. The van der Waals surface area contributed by atoms with Crippen LogP contribution in [-0.4, -0.2) is 47.1 Å². The van der Waals surface area contributed by atoms with Gasteiger partial charge in [-0.3, -0.25) is 9.59 Å². The van der Waals surface area contributed by atoms with Crippen LogP contribution in [0.3, 0.4) is 0 Å². The quantitative estimate of drug-likeness (QED) is 0.863. The first-order chi connectivity index (χ1) is 11.6. The molecular weight excluding hydrogens is 308 g/mol. The third-order valence-electron chi connectivity index (χ3n) is 4.60. The SMILES string of the molecule is O=C(CN1CCCC1=O)Nc1ccc(O[C@@H]2CCCC[C@H]2O)cc1. The highest BCUT2D eigenvalue weighted by Crippen LogP contribution is 2.25. The van der Waals surface area contributed by atoms with Crippen LogP contribution in [0.15, 0.2) is 24.3 Å². The molecule has 0 aromatic heterocycles. The van der Waals surface area contributed by atoms with Crippen LogP contribution in [0.1, 0.15) is 38.5 Å². The molecule has 1 saturated carbocycles. The predicted octanol–water partition coefficient (Wildman–Crippen LogP) is 1.93. The Morgan fingerprint density at radius 2 is 1.96 bits per heavy atom. The number of amides is 2. The van der Waals surface area contributed by atoms with E-state index in [1.165, 1.54) is 0 Å². The third-order valence-corrected chi connectivity index (χ3v) is 4.60. The number of aliphatic hydroxyl groups is 1. The molecule has 24 heavy (non-hydrogen) atoms. The Morgan fingerprint density at radius 3 is 2.62 bits per heavy atom. The Morgan fingerprint density at radius 1 is 1.21 bits per heavy atom. The monoisotopic (exact) mass is 332 g/mol. The zero-order valence-electron chi connectivity index (χ0n) is 13.7. The molecule has 1 aromatic carbocycles. The molecule has 1 aliphatic carbocycles. The Bertz CT molecular complexity index is 587. The number of rotatable bonds is 5. The van der Waals surface area contributed by atoms with Gasteiger partial charge in [-0.1, -0.05) is 6.42 Å². The van der Waals surface area contributed by atoms with E-state index in [2.05, 4.69) is 5.32 Å². The van der Waals surface area contributed by atoms with Crippen LogP contribution in [0.25, 0.3) is 0 Å². The van der Waals surface area contributed by atoms with E-state index < -0.39 is 6.10 Å². The van der Waals surface area contributed by atoms with E-state index in [4.69, 9.17) is 4.74 Å². The minimum absolute atomic E-state index is 0.0416. The summed E-state index contributed by atoms with van der Waals surface area (Å²) >= 11 is 0. The van der Waals surface area contributed by atoms with Crippen molar-refractivity contribution in [1.82, 2.24) is 4.90 Å². The molecule has 2 amide bonds. The van der Waals surface area contributed by atoms with Crippen molar-refractivity contribution >= 4 is 17.5 Å². The molecule has 1 aliphatic heterocycles. The van der Waals surface area contributed by atoms with Crippen molar-refractivity contribution in [3.63, 3.8) is 0 Å². The maximum absolute atomic E-state index is 12.0. The van der Waals surface area contributed by atoms with Gasteiger partial charge in [0.15, 0.2) is 0 Å². The van der Waals surface area contributed by atoms with Gasteiger partial charge in [0, 0.05) is 18.7 Å². The van der Waals surface area contributed by atoms with Crippen molar-refractivity contribution in [3.8, 4) is 5.75 Å². The number of likely N-dealkylation sites (tertiary alicyclic amines) is 1. The number of benzene rings is 1. The molecule has 2 N–H and O–H groups in total. The average molecular weight is 332 g/mol. The number of ether oxygens (including phenoxy) is 1. The first kappa shape index (κ1) is 16.8. The first-order valence-corrected chi connectivity index (χ1v) is 8.64. The molecule has 0 unspecified atom stereocenters. The zero-order valence-corrected chi connectivity index (χ0v) is 13.7. The molecule has 1 aromatic rings. The predicted molar refractivity (Wildman–Crippen MR) is 89.8 cm³/mol. The summed E-state index contributed by atoms with van der Waals surface area (Å²) in [6, 6.07) is 7.12. The van der Waals surface area contributed by atoms with Gasteiger partial charge in [0.05, 0.1) is 12.6 Å². The third kappa shape index (κ3) is 4.26. The average Bonchev–Trinajstić information content (AvgIpc) is 2.96. The number of anilines is 1. The topological polar surface area (TPSA) is 78.9 Å². The summed E-state index contributed by atoms with van der Waals surface area (Å²) in [5, 5.41) is 12.7. The summed E-state index contributed by atoms with van der Waals surface area (Å²) in [6.07, 6.45) is 4.57. The molecule has 0 bridgehead atoms. The first-order valence-electron chi connectivity index (χ1n) is 8.64. The van der Waals surface area contributed by atoms with Crippen molar-refractivity contribution in [2.24, 2.45) is 0 Å². The smallest absolute Gasteiger partial charge is 0.243 e. The van der Waals surface area contributed by atoms with Crippen LogP contribution in [-0.2, 0) is 9.59 Å². The molecule has 2 fully saturated rings. The minimum atomic E-state index is -0.406. The Balaban J connectivity index is 1.50. The number of hydrogen-bond acceptors (Lipinski definition) is 4. The van der Waals surface area contributed by atoms with Crippen molar-refractivity contribution in [2.75, 3.05) is 18.4 Å². The van der Waals surface area contributed by atoms with E-state index in [-0.39, 0.29) is 24.5 Å². The lowest BCUT2D eigenvalue weighted by Gasteiger charge is -2.28. The van der Waals surface area contributed by atoms with Crippen LogP contribution in [0.5, 0.6) is 5.75 Å². The van der Waals surface area contributed by atoms with Crippen molar-refractivity contribution in [1.29, 1.82) is 0 Å². The summed E-state index contributed by atoms with van der Waals surface area (Å²) in [5.74, 6) is 0.537. The van der Waals surface area contributed by atoms with Crippen LogP contribution in [0, 0.1) is 0 Å². The number of nitrogens with zero attached hydrogens (tertiary/aromatic N) is 1. The maximum Gasteiger partial charge on any atom is 0.243 e. The van der Waals surface area contributed by atoms with E-state index in [1.54, 1.807) is 29.2 Å². The normalized spacial score (nSPS) is 24.0. The maximum atomic E-state index is 12.0. The second-order valence-corrected chi connectivity index (χ2v) is 6.50. The van der Waals surface area contributed by atoms with E-state index in [1.807, 2.05) is 0 Å². The van der Waals surface area contributed by atoms with Crippen molar-refractivity contribution < 1.29 is 19.4 Å². The molecule has 6 nitrogen and oxygen atoms in total. The second kappa shape index (κ2) is 7.66. The number of nitrogens with one attached hydrogen (secondary N) is 1. The molecule has 0 spiro atoms. The van der Waals surface area contributed by atoms with Crippen molar-refractivity contribution in [2.45, 2.75) is 50.7 Å². The van der Waals surface area contributed by atoms with Crippen LogP contribution >= 0.6 is 0 Å². The number of hydrogen-bond donors (Lipinski definition) is 2. The molecule has 2 aliphatic rings. The fourth-order valence-electron chi connectivity index (χ4n) is 3.25. The van der Waals surface area contributed by atoms with Gasteiger partial charge in [-0.15, -0.1) is 0 Å². The molecular formula is C18H24N2O4. The second-order valence-electron chi connectivity index (χ2n) is 6.50. The van der Waals surface area contributed by atoms with E-state index in [0.29, 0.717) is 24.4 Å². The number of carbonyl (C=O) groups is 2. The van der Waals surface area contributed by atoms with Crippen LogP contribution in [0.2, 0.25) is 0 Å². The number of carbonyl (C=O) groups excluding carboxylic acids is 2. The van der Waals surface area contributed by atoms with Gasteiger partial charge in [-0.2, -0.15) is 0 Å². The Kier molecular flexibility index (Phi) is 5.35. The lowest BCUT2D eigenvalue weighted by Crippen LogP contribution is -2.34. The van der Waals surface area contributed by atoms with E-state index >= 15 is 0 Å². The highest BCUT2D eigenvalue weighted by atomic mass is 16.5. The molecule has 2 atom stereocenters. The van der Waals surface area contributed by atoms with E-state index in [0.717, 1.165) is 32.1 Å². The highest BCUT2D eigenvalue weighted by molar-refractivity contribution is 5.94. The molecule has 1 heterocycles. The van der Waals surface area contributed by atoms with Gasteiger partial charge < -0.3 is 20.1 Å². The summed E-state index contributed by atoms with van der Waals surface area (Å²) in [4.78, 5) is 25.1. The van der Waals surface area contributed by atoms with Gasteiger partial charge in [-0.25, -0.2) is 0 Å². The van der Waals surface area contributed by atoms with Crippen LogP contribution < -0.4 is 10.1 Å². The highest BCUT2D eigenvalue weighted by Gasteiger charge is 2.25. The molecule has 3 rings (SSSR count). The summed E-state index contributed by atoms with van der Waals surface area (Å²) in [6.45, 7) is 0.758. The van der Waals surface area contributed by atoms with Gasteiger partial charge >= 0.3 is 0 Å². The molecule has 0 radical (unpaired) electrons. The fraction of sp³-hybridized carbons (Fsp3) is 0.556. The van der Waals surface area contributed by atoms with Crippen LogP contribution in [0.4, 0.5) is 5.69 Å². The van der Waals surface area contributed by atoms with Crippen molar-refractivity contribution in [3.05, 3.63) is 24.3 Å². The van der Waals surface area contributed by atoms with Gasteiger partial charge in [0.25, 0.3) is 0 Å². The summed E-state index contributed by atoms with van der Waals surface area (Å²) in [7, 11) is 0. The number of aliphatic hydroxyl groups excluding tert-OH is 1. The molecule has 1 saturated heterocycles. The zero-order chi connectivity index (χ0) is 16.9. The Hall–Kier alpha value is -2.08. The summed E-state index contributed by atoms with van der Waals surface area (Å²) < 4.78 is 5.83. The summed E-state index contributed by atoms with van der Waals surface area (Å²) in [5.41, 5.74) is 0.670.